The number of piperazine rings is 1. The minimum Gasteiger partial charge on any atom is -0.462 e. The first-order valence-electron chi connectivity index (χ1n) is 10.5. The monoisotopic (exact) mass is 397 g/mol. The van der Waals surface area contributed by atoms with E-state index in [-0.39, 0.29) is 17.9 Å². The summed E-state index contributed by atoms with van der Waals surface area (Å²) in [7, 11) is 0. The quantitative estimate of drug-likeness (QED) is 0.806. The Bertz CT molecular complexity index is 926. The van der Waals surface area contributed by atoms with Crippen molar-refractivity contribution in [2.24, 2.45) is 5.92 Å². The van der Waals surface area contributed by atoms with Crippen LogP contribution in [-0.2, 0) is 0 Å². The summed E-state index contributed by atoms with van der Waals surface area (Å²) in [5.41, 5.74) is 1.35. The lowest BCUT2D eigenvalue weighted by Crippen LogP contribution is -2.62. The van der Waals surface area contributed by atoms with Gasteiger partial charge in [-0.2, -0.15) is 0 Å². The number of rotatable bonds is 3. The maximum absolute atomic E-state index is 13.0. The van der Waals surface area contributed by atoms with Gasteiger partial charge in [-0.15, -0.1) is 0 Å². The van der Waals surface area contributed by atoms with Crippen LogP contribution in [-0.4, -0.2) is 78.0 Å². The van der Waals surface area contributed by atoms with Crippen LogP contribution < -0.4 is 10.6 Å². The molecule has 2 bridgehead atoms. The van der Waals surface area contributed by atoms with Crippen LogP contribution in [0.3, 0.4) is 0 Å². The van der Waals surface area contributed by atoms with Crippen LogP contribution in [0, 0.1) is 5.92 Å². The Morgan fingerprint density at radius 3 is 2.69 bits per heavy atom. The van der Waals surface area contributed by atoms with Crippen molar-refractivity contribution < 1.29 is 14.0 Å². The Kier molecular flexibility index (Phi) is 4.75. The number of nitrogens with one attached hydrogen (secondary N) is 2. The number of hydrogen-bond donors (Lipinski definition) is 2. The van der Waals surface area contributed by atoms with E-state index in [2.05, 4.69) is 27.4 Å². The molecule has 2 amide bonds. The number of fused-ring (bicyclic) bond motifs is 4. The molecule has 0 saturated carbocycles. The molecule has 6 rings (SSSR count). The molecule has 0 aromatic carbocycles. The maximum atomic E-state index is 13.0. The number of nitrogens with zero attached hydrogens (tertiary/aromatic N) is 3. The third-order valence-corrected chi connectivity index (χ3v) is 6.80. The predicted molar refractivity (Wildman–Crippen MR) is 108 cm³/mol. The van der Waals surface area contributed by atoms with Gasteiger partial charge in [0.2, 0.25) is 0 Å². The van der Waals surface area contributed by atoms with Crippen LogP contribution in [0.1, 0.15) is 40.6 Å². The molecule has 4 aliphatic rings. The molecule has 2 aromatic heterocycles. The zero-order chi connectivity index (χ0) is 20.0. The largest absolute Gasteiger partial charge is 0.462 e. The van der Waals surface area contributed by atoms with E-state index in [4.69, 9.17) is 4.42 Å². The summed E-state index contributed by atoms with van der Waals surface area (Å²) in [6.45, 7) is 7.34. The van der Waals surface area contributed by atoms with E-state index in [0.29, 0.717) is 47.3 Å². The zero-order valence-electron chi connectivity index (χ0n) is 16.7. The number of piperidine rings is 3. The minimum absolute atomic E-state index is 0.0613. The fourth-order valence-corrected chi connectivity index (χ4v) is 5.03. The topological polar surface area (TPSA) is 90.7 Å². The average Bonchev–Trinajstić information content (AvgIpc) is 3.20. The Labute approximate surface area is 169 Å². The molecule has 154 valence electrons. The molecule has 8 nitrogen and oxygen atoms in total. The molecule has 6 heterocycles. The molecule has 2 aromatic rings. The van der Waals surface area contributed by atoms with Crippen molar-refractivity contribution in [1.82, 2.24) is 25.4 Å². The Morgan fingerprint density at radius 1 is 1.21 bits per heavy atom. The Hall–Kier alpha value is -2.45. The van der Waals surface area contributed by atoms with Gasteiger partial charge in [-0.3, -0.25) is 14.5 Å². The van der Waals surface area contributed by atoms with E-state index in [1.54, 1.807) is 12.3 Å². The van der Waals surface area contributed by atoms with E-state index in [0.717, 1.165) is 39.0 Å². The number of furan rings is 1. The van der Waals surface area contributed by atoms with Gasteiger partial charge in [0.15, 0.2) is 5.58 Å². The van der Waals surface area contributed by atoms with Crippen molar-refractivity contribution in [3.05, 3.63) is 29.8 Å². The molecule has 29 heavy (non-hydrogen) atoms. The number of aromatic nitrogens is 1. The first-order chi connectivity index (χ1) is 14.1. The Morgan fingerprint density at radius 2 is 1.97 bits per heavy atom. The molecular weight excluding hydrogens is 370 g/mol. The van der Waals surface area contributed by atoms with Gasteiger partial charge in [-0.25, -0.2) is 4.98 Å². The molecule has 0 radical (unpaired) electrons. The van der Waals surface area contributed by atoms with E-state index in [1.165, 1.54) is 6.26 Å². The SMILES string of the molecule is C[C@H]1[C@H](NC(=O)c2cc3c(C(=O)N4CCNCC4)coc3cn2)C2CCN1CC2. The highest BCUT2D eigenvalue weighted by Crippen LogP contribution is 2.32. The number of pyridine rings is 1. The molecule has 2 atom stereocenters. The summed E-state index contributed by atoms with van der Waals surface area (Å²) in [4.78, 5) is 34.4. The second-order valence-electron chi connectivity index (χ2n) is 8.37. The predicted octanol–water partition coefficient (Wildman–Crippen LogP) is 1.09. The van der Waals surface area contributed by atoms with Crippen LogP contribution in [0.4, 0.5) is 0 Å². The molecule has 0 spiro atoms. The Balaban J connectivity index is 1.38. The fourth-order valence-electron chi connectivity index (χ4n) is 5.03. The average molecular weight is 397 g/mol. The summed E-state index contributed by atoms with van der Waals surface area (Å²) in [5, 5.41) is 7.10. The van der Waals surface area contributed by atoms with Crippen molar-refractivity contribution in [2.45, 2.75) is 31.8 Å². The maximum Gasteiger partial charge on any atom is 0.270 e. The van der Waals surface area contributed by atoms with Crippen molar-refractivity contribution in [1.29, 1.82) is 0 Å². The van der Waals surface area contributed by atoms with Crippen molar-refractivity contribution in [3.63, 3.8) is 0 Å². The molecule has 0 aliphatic carbocycles. The molecule has 4 saturated heterocycles. The lowest BCUT2D eigenvalue weighted by molar-refractivity contribution is 0.0216. The lowest BCUT2D eigenvalue weighted by atomic mass is 9.79. The number of carbonyl (C=O) groups is 2. The van der Waals surface area contributed by atoms with Gasteiger partial charge in [-0.1, -0.05) is 0 Å². The standard InChI is InChI=1S/C21H27N5O3/c1-13-19(14-2-6-25(13)7-3-14)24-20(27)17-10-15-16(12-29-18(15)11-23-17)21(28)26-8-4-22-5-9-26/h10-14,19,22H,2-9H2,1H3,(H,24,27)/t13-,19-/m0/s1. The molecular formula is C21H27N5O3. The van der Waals surface area contributed by atoms with Crippen molar-refractivity contribution >= 4 is 22.8 Å². The molecule has 0 unspecified atom stereocenters. The van der Waals surface area contributed by atoms with Crippen molar-refractivity contribution in [2.75, 3.05) is 39.3 Å². The van der Waals surface area contributed by atoms with E-state index < -0.39 is 0 Å². The van der Waals surface area contributed by atoms with Gasteiger partial charge >= 0.3 is 0 Å². The van der Waals surface area contributed by atoms with Gasteiger partial charge in [0.1, 0.15) is 12.0 Å². The first kappa shape index (κ1) is 18.6. The van der Waals surface area contributed by atoms with Gasteiger partial charge < -0.3 is 20.0 Å². The number of carbonyl (C=O) groups excluding carboxylic acids is 2. The van der Waals surface area contributed by atoms with E-state index >= 15 is 0 Å². The fraction of sp³-hybridized carbons (Fsp3) is 0.571. The van der Waals surface area contributed by atoms with E-state index in [1.807, 2.05) is 4.90 Å². The van der Waals surface area contributed by atoms with Gasteiger partial charge in [-0.05, 0) is 44.8 Å². The molecule has 2 N–H and O–H groups in total. The highest BCUT2D eigenvalue weighted by molar-refractivity contribution is 6.07. The normalized spacial score (nSPS) is 29.2. The number of amides is 2. The summed E-state index contributed by atoms with van der Waals surface area (Å²) >= 11 is 0. The zero-order valence-corrected chi connectivity index (χ0v) is 16.7. The highest BCUT2D eigenvalue weighted by atomic mass is 16.3. The second-order valence-corrected chi connectivity index (χ2v) is 8.37. The third kappa shape index (κ3) is 3.30. The molecule has 8 heteroatoms. The van der Waals surface area contributed by atoms with E-state index in [9.17, 15) is 9.59 Å². The summed E-state index contributed by atoms with van der Waals surface area (Å²) in [6.07, 6.45) is 5.28. The highest BCUT2D eigenvalue weighted by Gasteiger charge is 2.40. The molecule has 4 aliphatic heterocycles. The van der Waals surface area contributed by atoms with Crippen LogP contribution in [0.25, 0.3) is 11.0 Å². The third-order valence-electron chi connectivity index (χ3n) is 6.80. The summed E-state index contributed by atoms with van der Waals surface area (Å²) < 4.78 is 5.54. The van der Waals surface area contributed by atoms with Crippen LogP contribution >= 0.6 is 0 Å². The lowest BCUT2D eigenvalue weighted by Gasteiger charge is -2.49. The van der Waals surface area contributed by atoms with Gasteiger partial charge in [0.25, 0.3) is 11.8 Å². The molecule has 4 fully saturated rings. The summed E-state index contributed by atoms with van der Waals surface area (Å²) in [5.74, 6) is 0.287. The van der Waals surface area contributed by atoms with Crippen LogP contribution in [0.2, 0.25) is 0 Å². The minimum atomic E-state index is -0.181. The second kappa shape index (κ2) is 7.42. The van der Waals surface area contributed by atoms with Gasteiger partial charge in [0, 0.05) is 43.6 Å². The number of hydrogen-bond acceptors (Lipinski definition) is 6. The van der Waals surface area contributed by atoms with Crippen LogP contribution in [0.15, 0.2) is 22.9 Å². The van der Waals surface area contributed by atoms with Gasteiger partial charge in [0.05, 0.1) is 11.8 Å². The van der Waals surface area contributed by atoms with Crippen molar-refractivity contribution in [3.8, 4) is 0 Å². The smallest absolute Gasteiger partial charge is 0.270 e. The first-order valence-corrected chi connectivity index (χ1v) is 10.5. The van der Waals surface area contributed by atoms with Crippen LogP contribution in [0.5, 0.6) is 0 Å². The summed E-state index contributed by atoms with van der Waals surface area (Å²) in [6, 6.07) is 2.18.